The molecule has 9 heavy (non-hydrogen) atoms. The van der Waals surface area contributed by atoms with Gasteiger partial charge in [-0.15, -0.1) is 0 Å². The van der Waals surface area contributed by atoms with Crippen molar-refractivity contribution in [3.8, 4) is 0 Å². The molecule has 0 aromatic heterocycles. The highest BCUT2D eigenvalue weighted by Gasteiger charge is 1.87. The van der Waals surface area contributed by atoms with Crippen molar-refractivity contribution in [3.63, 3.8) is 0 Å². The molecule has 0 saturated carbocycles. The predicted octanol–water partition coefficient (Wildman–Crippen LogP) is 1.89. The van der Waals surface area contributed by atoms with Crippen LogP contribution >= 0.6 is 0 Å². The van der Waals surface area contributed by atoms with Crippen molar-refractivity contribution < 1.29 is 6.48 Å². The maximum atomic E-state index is 8.83. The summed E-state index contributed by atoms with van der Waals surface area (Å²) in [4.78, 5) is 0. The first-order valence-corrected chi connectivity index (χ1v) is 3.04. The number of allylic oxidation sites excluding steroid dienone is 2. The first kappa shape index (κ1) is 6.56. The Morgan fingerprint density at radius 1 is 2.00 bits per heavy atom. The normalized spacial score (nSPS) is 16.8. The third-order valence-electron chi connectivity index (χ3n) is 0.807. The largest absolute Gasteiger partial charge is 0.393 e. The van der Waals surface area contributed by atoms with Gasteiger partial charge in [-0.2, -0.15) is 0 Å². The Morgan fingerprint density at radius 3 is 2.89 bits per heavy atom. The first-order valence-electron chi connectivity index (χ1n) is 3.54. The zero-order valence-corrected chi connectivity index (χ0v) is 6.02. The Balaban J connectivity index is 3.81. The maximum absolute atomic E-state index is 8.83. The van der Waals surface area contributed by atoms with Crippen LogP contribution in [0.15, 0.2) is 24.3 Å². The van der Waals surface area contributed by atoms with Crippen LogP contribution in [0.2, 0.25) is 0 Å². The van der Waals surface area contributed by atoms with E-state index in [4.69, 9.17) is 6.48 Å². The molecule has 1 N–H and O–H groups in total. The van der Waals surface area contributed by atoms with Crippen LogP contribution in [0.4, 0.5) is 0 Å². The third-order valence-corrected chi connectivity index (χ3v) is 0.807. The number of hydrogen-bond acceptors (Lipinski definition) is 1. The van der Waals surface area contributed by atoms with E-state index in [1.54, 1.807) is 19.9 Å². The molecule has 0 rings (SSSR count). The summed E-state index contributed by atoms with van der Waals surface area (Å²) in [7, 11) is 0. The van der Waals surface area contributed by atoms with Crippen LogP contribution in [0, 0.1) is 0 Å². The van der Waals surface area contributed by atoms with E-state index in [0.29, 0.717) is 12.5 Å². The standard InChI is InChI=1S/C8H14O/c1-7(2)5-4-6-8(3)9/h4-5,8-9H,1,6H2,2-3H3/b5-4+/i5D. The molecular weight excluding hydrogens is 112 g/mol. The van der Waals surface area contributed by atoms with Gasteiger partial charge in [0.15, 0.2) is 0 Å². The van der Waals surface area contributed by atoms with Crippen molar-refractivity contribution >= 4 is 0 Å². The summed E-state index contributed by atoms with van der Waals surface area (Å²) >= 11 is 0. The molecular formula is C8H14O. The lowest BCUT2D eigenvalue weighted by atomic mass is 10.2. The predicted molar refractivity (Wildman–Crippen MR) is 40.3 cm³/mol. The average Bonchev–Trinajstić information content (AvgIpc) is 1.82. The number of aliphatic hydroxyl groups excluding tert-OH is 1. The highest BCUT2D eigenvalue weighted by molar-refractivity contribution is 5.10. The van der Waals surface area contributed by atoms with E-state index < -0.39 is 0 Å². The SMILES string of the molecule is [2H]/C(=C\CC(C)O)C(=C)C. The molecule has 0 saturated heterocycles. The van der Waals surface area contributed by atoms with Crippen LogP contribution in [0.1, 0.15) is 21.6 Å². The molecule has 52 valence electrons. The van der Waals surface area contributed by atoms with Crippen molar-refractivity contribution in [1.82, 2.24) is 0 Å². The van der Waals surface area contributed by atoms with E-state index in [1.807, 2.05) is 0 Å². The van der Waals surface area contributed by atoms with Crippen LogP contribution in [-0.4, -0.2) is 11.2 Å². The minimum Gasteiger partial charge on any atom is -0.393 e. The quantitative estimate of drug-likeness (QED) is 0.574. The average molecular weight is 127 g/mol. The van der Waals surface area contributed by atoms with Gasteiger partial charge in [0.05, 0.1) is 7.47 Å². The molecule has 0 spiro atoms. The lowest BCUT2D eigenvalue weighted by Gasteiger charge is -1.95. The summed E-state index contributed by atoms with van der Waals surface area (Å²) < 4.78 is 7.27. The Labute approximate surface area is 58.1 Å². The van der Waals surface area contributed by atoms with E-state index in [-0.39, 0.29) is 6.10 Å². The summed E-state index contributed by atoms with van der Waals surface area (Å²) in [5.74, 6) is 0. The molecule has 0 fully saturated rings. The second-order valence-corrected chi connectivity index (χ2v) is 2.21. The molecule has 1 atom stereocenters. The summed E-state index contributed by atoms with van der Waals surface area (Å²) in [5.41, 5.74) is 0.737. The monoisotopic (exact) mass is 127 g/mol. The lowest BCUT2D eigenvalue weighted by molar-refractivity contribution is 0.198. The fourth-order valence-corrected chi connectivity index (χ4v) is 0.404. The molecule has 0 heterocycles. The van der Waals surface area contributed by atoms with Gasteiger partial charge in [0.2, 0.25) is 0 Å². The van der Waals surface area contributed by atoms with Crippen LogP contribution < -0.4 is 0 Å². The van der Waals surface area contributed by atoms with Crippen LogP contribution in [0.3, 0.4) is 0 Å². The molecule has 1 unspecified atom stereocenters. The molecule has 1 nitrogen and oxygen atoms in total. The Hall–Kier alpha value is -0.560. The summed E-state index contributed by atoms with van der Waals surface area (Å²) in [6.07, 6.45) is 1.85. The molecule has 0 aliphatic carbocycles. The molecule has 0 radical (unpaired) electrons. The van der Waals surface area contributed by atoms with Crippen molar-refractivity contribution in [2.75, 3.05) is 0 Å². The van der Waals surface area contributed by atoms with Gasteiger partial charge in [-0.1, -0.05) is 24.3 Å². The summed E-state index contributed by atoms with van der Waals surface area (Å²) in [6.45, 7) is 7.07. The zero-order chi connectivity index (χ0) is 8.15. The lowest BCUT2D eigenvalue weighted by Crippen LogP contribution is -1.95. The minimum atomic E-state index is -0.361. The fourth-order valence-electron chi connectivity index (χ4n) is 0.404. The smallest absolute Gasteiger partial charge is 0.0622 e. The Bertz CT molecular complexity index is 147. The van der Waals surface area contributed by atoms with E-state index >= 15 is 0 Å². The van der Waals surface area contributed by atoms with Crippen LogP contribution in [0.5, 0.6) is 0 Å². The minimum absolute atomic E-state index is 0.361. The molecule has 0 aromatic carbocycles. The fraction of sp³-hybridized carbons (Fsp3) is 0.500. The highest BCUT2D eigenvalue weighted by atomic mass is 16.3. The molecule has 1 heteroatoms. The van der Waals surface area contributed by atoms with Gasteiger partial charge in [-0.25, -0.2) is 0 Å². The molecule has 0 aliphatic rings. The van der Waals surface area contributed by atoms with E-state index in [2.05, 4.69) is 6.58 Å². The van der Waals surface area contributed by atoms with Crippen LogP contribution in [-0.2, 0) is 0 Å². The van der Waals surface area contributed by atoms with Crippen molar-refractivity contribution in [3.05, 3.63) is 24.3 Å². The van der Waals surface area contributed by atoms with Crippen molar-refractivity contribution in [1.29, 1.82) is 0 Å². The second kappa shape index (κ2) is 4.33. The molecule has 0 aromatic rings. The Kier molecular flexibility index (Phi) is 3.16. The van der Waals surface area contributed by atoms with Gasteiger partial charge >= 0.3 is 0 Å². The molecule has 0 amide bonds. The summed E-state index contributed by atoms with van der Waals surface area (Å²) in [5, 5.41) is 8.83. The van der Waals surface area contributed by atoms with Gasteiger partial charge in [-0.05, 0) is 20.3 Å². The van der Waals surface area contributed by atoms with Gasteiger partial charge < -0.3 is 5.11 Å². The Morgan fingerprint density at radius 2 is 2.56 bits per heavy atom. The van der Waals surface area contributed by atoms with Crippen molar-refractivity contribution in [2.24, 2.45) is 0 Å². The van der Waals surface area contributed by atoms with E-state index in [1.165, 1.54) is 0 Å². The van der Waals surface area contributed by atoms with Gasteiger partial charge in [-0.3, -0.25) is 0 Å². The van der Waals surface area contributed by atoms with E-state index in [9.17, 15) is 0 Å². The van der Waals surface area contributed by atoms with E-state index in [0.717, 1.165) is 5.57 Å². The van der Waals surface area contributed by atoms with Gasteiger partial charge in [0.1, 0.15) is 0 Å². The molecule has 0 bridgehead atoms. The van der Waals surface area contributed by atoms with Crippen LogP contribution in [0.25, 0.3) is 0 Å². The van der Waals surface area contributed by atoms with Gasteiger partial charge in [0, 0.05) is 0 Å². The number of hydrogen-bond donors (Lipinski definition) is 1. The van der Waals surface area contributed by atoms with Gasteiger partial charge in [0.25, 0.3) is 0 Å². The number of rotatable bonds is 3. The zero-order valence-electron chi connectivity index (χ0n) is 7.02. The highest BCUT2D eigenvalue weighted by Crippen LogP contribution is 1.94. The third kappa shape index (κ3) is 7.44. The second-order valence-electron chi connectivity index (χ2n) is 2.21. The first-order chi connectivity index (χ1) is 4.54. The number of aliphatic hydroxyl groups is 1. The summed E-state index contributed by atoms with van der Waals surface area (Å²) in [6, 6.07) is 0.418. The topological polar surface area (TPSA) is 20.2 Å². The molecule has 0 aliphatic heterocycles. The maximum Gasteiger partial charge on any atom is 0.0622 e. The van der Waals surface area contributed by atoms with Crippen molar-refractivity contribution in [2.45, 2.75) is 26.4 Å².